The van der Waals surface area contributed by atoms with Gasteiger partial charge in [0, 0.05) is 17.6 Å². The minimum absolute atomic E-state index is 0.236. The fraction of sp³-hybridized carbons (Fsp3) is 1.00. The molecule has 1 N–H and O–H groups in total. The van der Waals surface area contributed by atoms with Crippen molar-refractivity contribution in [2.75, 3.05) is 6.54 Å². The summed E-state index contributed by atoms with van der Waals surface area (Å²) in [6.45, 7) is 14.4. The lowest BCUT2D eigenvalue weighted by atomic mass is 9.69. The van der Waals surface area contributed by atoms with E-state index in [0.29, 0.717) is 5.92 Å². The molecule has 1 fully saturated rings. The highest BCUT2D eigenvalue weighted by atomic mass is 16.3. The Kier molecular flexibility index (Phi) is 4.65. The van der Waals surface area contributed by atoms with Crippen molar-refractivity contribution in [3.8, 4) is 0 Å². The molecule has 0 aromatic rings. The summed E-state index contributed by atoms with van der Waals surface area (Å²) in [5.41, 5.74) is 0.494. The van der Waals surface area contributed by atoms with E-state index in [1.807, 2.05) is 6.92 Å². The van der Waals surface area contributed by atoms with E-state index >= 15 is 0 Å². The third-order valence-corrected chi connectivity index (χ3v) is 5.37. The largest absolute Gasteiger partial charge is 0.392 e. The summed E-state index contributed by atoms with van der Waals surface area (Å²) in [4.78, 5) is 2.60. The van der Waals surface area contributed by atoms with Crippen LogP contribution in [0.2, 0.25) is 0 Å². The third-order valence-electron chi connectivity index (χ3n) is 5.37. The molecule has 2 nitrogen and oxygen atoms in total. The molecular formula is C15H31NO. The van der Waals surface area contributed by atoms with E-state index < -0.39 is 0 Å². The van der Waals surface area contributed by atoms with Crippen molar-refractivity contribution in [1.29, 1.82) is 0 Å². The monoisotopic (exact) mass is 241 g/mol. The molecule has 4 unspecified atom stereocenters. The lowest BCUT2D eigenvalue weighted by Gasteiger charge is -2.59. The first kappa shape index (κ1) is 15.0. The van der Waals surface area contributed by atoms with E-state index in [0.717, 1.165) is 13.0 Å². The Labute approximate surface area is 107 Å². The van der Waals surface area contributed by atoms with Gasteiger partial charge in [-0.3, -0.25) is 4.90 Å². The van der Waals surface area contributed by atoms with E-state index in [9.17, 15) is 5.11 Å². The van der Waals surface area contributed by atoms with Crippen LogP contribution in [0.4, 0.5) is 0 Å². The maximum atomic E-state index is 9.80. The van der Waals surface area contributed by atoms with Gasteiger partial charge in [-0.1, -0.05) is 20.8 Å². The summed E-state index contributed by atoms with van der Waals surface area (Å²) in [7, 11) is 0. The second kappa shape index (κ2) is 5.27. The van der Waals surface area contributed by atoms with Crippen LogP contribution < -0.4 is 0 Å². The molecule has 102 valence electrons. The van der Waals surface area contributed by atoms with Crippen LogP contribution in [0.1, 0.15) is 67.2 Å². The second-order valence-corrected chi connectivity index (χ2v) is 6.46. The Balaban J connectivity index is 3.05. The van der Waals surface area contributed by atoms with Crippen LogP contribution in [0.3, 0.4) is 0 Å². The molecule has 1 saturated heterocycles. The fourth-order valence-corrected chi connectivity index (χ4v) is 3.46. The van der Waals surface area contributed by atoms with Crippen molar-refractivity contribution < 1.29 is 5.11 Å². The van der Waals surface area contributed by atoms with Crippen LogP contribution >= 0.6 is 0 Å². The van der Waals surface area contributed by atoms with Crippen LogP contribution in [-0.4, -0.2) is 33.7 Å². The van der Waals surface area contributed by atoms with Gasteiger partial charge in [-0.15, -0.1) is 0 Å². The van der Waals surface area contributed by atoms with Gasteiger partial charge < -0.3 is 5.11 Å². The van der Waals surface area contributed by atoms with E-state index in [1.165, 1.54) is 19.3 Å². The van der Waals surface area contributed by atoms with Gasteiger partial charge in [0.05, 0.1) is 6.10 Å². The van der Waals surface area contributed by atoms with Crippen molar-refractivity contribution in [3.05, 3.63) is 0 Å². The van der Waals surface area contributed by atoms with Crippen LogP contribution in [0.25, 0.3) is 0 Å². The van der Waals surface area contributed by atoms with Gasteiger partial charge in [-0.05, 0) is 52.4 Å². The molecule has 0 saturated carbocycles. The van der Waals surface area contributed by atoms with Gasteiger partial charge in [0.25, 0.3) is 0 Å². The highest BCUT2D eigenvalue weighted by Gasteiger charge is 2.48. The Morgan fingerprint density at radius 3 is 2.29 bits per heavy atom. The van der Waals surface area contributed by atoms with Crippen molar-refractivity contribution >= 4 is 0 Å². The Hall–Kier alpha value is -0.0800. The number of rotatable bonds is 4. The summed E-state index contributed by atoms with van der Waals surface area (Å²) < 4.78 is 0. The van der Waals surface area contributed by atoms with Gasteiger partial charge in [0.15, 0.2) is 0 Å². The molecule has 0 aromatic carbocycles. The number of likely N-dealkylation sites (tertiary alicyclic amines) is 1. The number of aliphatic hydroxyl groups is 1. The molecule has 0 aliphatic carbocycles. The van der Waals surface area contributed by atoms with Gasteiger partial charge in [0.2, 0.25) is 0 Å². The van der Waals surface area contributed by atoms with Crippen LogP contribution in [0.15, 0.2) is 0 Å². The topological polar surface area (TPSA) is 23.5 Å². The molecule has 1 aliphatic rings. The van der Waals surface area contributed by atoms with Gasteiger partial charge in [-0.25, -0.2) is 0 Å². The first-order chi connectivity index (χ1) is 7.80. The number of nitrogens with zero attached hydrogens (tertiary/aromatic N) is 1. The molecule has 1 aliphatic heterocycles. The van der Waals surface area contributed by atoms with E-state index in [-0.39, 0.29) is 17.2 Å². The molecule has 4 atom stereocenters. The van der Waals surface area contributed by atoms with E-state index in [2.05, 4.69) is 39.5 Å². The minimum Gasteiger partial charge on any atom is -0.392 e. The van der Waals surface area contributed by atoms with Crippen LogP contribution in [0, 0.1) is 5.92 Å². The smallest absolute Gasteiger partial charge is 0.0639 e. The predicted molar refractivity (Wildman–Crippen MR) is 74.2 cm³/mol. The van der Waals surface area contributed by atoms with Crippen LogP contribution in [-0.2, 0) is 0 Å². The summed E-state index contributed by atoms with van der Waals surface area (Å²) in [5, 5.41) is 9.80. The predicted octanol–water partition coefficient (Wildman–Crippen LogP) is 3.44. The van der Waals surface area contributed by atoms with Gasteiger partial charge in [0.1, 0.15) is 0 Å². The molecule has 0 bridgehead atoms. The van der Waals surface area contributed by atoms with E-state index in [4.69, 9.17) is 0 Å². The summed E-state index contributed by atoms with van der Waals surface area (Å²) in [5.74, 6) is 0.714. The average Bonchev–Trinajstić information content (AvgIpc) is 2.30. The molecule has 2 heteroatoms. The third kappa shape index (κ3) is 2.68. The Bertz CT molecular complexity index is 253. The zero-order chi connectivity index (χ0) is 13.3. The molecular weight excluding hydrogens is 210 g/mol. The molecule has 0 spiro atoms. The fourth-order valence-electron chi connectivity index (χ4n) is 3.46. The lowest BCUT2D eigenvalue weighted by molar-refractivity contribution is -0.0985. The number of β-amino-alcohol motifs (C(OH)–C–C–N with tert-alkyl or cyclic N) is 1. The maximum absolute atomic E-state index is 9.80. The molecule has 1 rings (SSSR count). The first-order valence-corrected chi connectivity index (χ1v) is 7.26. The molecule has 0 radical (unpaired) electrons. The zero-order valence-corrected chi connectivity index (χ0v) is 12.6. The summed E-state index contributed by atoms with van der Waals surface area (Å²) >= 11 is 0. The Morgan fingerprint density at radius 1 is 1.29 bits per heavy atom. The van der Waals surface area contributed by atoms with E-state index in [1.54, 1.807) is 0 Å². The molecule has 17 heavy (non-hydrogen) atoms. The number of hydrogen-bond donors (Lipinski definition) is 1. The summed E-state index contributed by atoms with van der Waals surface area (Å²) in [6, 6.07) is 0. The number of aliphatic hydroxyl groups excluding tert-OH is 1. The van der Waals surface area contributed by atoms with Crippen molar-refractivity contribution in [3.63, 3.8) is 0 Å². The molecule has 0 amide bonds. The molecule has 0 aromatic heterocycles. The lowest BCUT2D eigenvalue weighted by Crippen LogP contribution is -2.65. The quantitative estimate of drug-likeness (QED) is 0.815. The highest BCUT2D eigenvalue weighted by molar-refractivity contribution is 5.03. The average molecular weight is 241 g/mol. The standard InChI is InChI=1S/C15H31NO/c1-7-14(5)10-9-12(3)15(6,8-2)16(14)11-13(4)17/h12-13,17H,7-11H2,1-6H3. The second-order valence-electron chi connectivity index (χ2n) is 6.46. The zero-order valence-electron chi connectivity index (χ0n) is 12.6. The van der Waals surface area contributed by atoms with Gasteiger partial charge in [-0.2, -0.15) is 0 Å². The summed E-state index contributed by atoms with van der Waals surface area (Å²) in [6.07, 6.45) is 4.66. The van der Waals surface area contributed by atoms with Gasteiger partial charge >= 0.3 is 0 Å². The normalized spacial score (nSPS) is 41.5. The maximum Gasteiger partial charge on any atom is 0.0639 e. The highest BCUT2D eigenvalue weighted by Crippen LogP contribution is 2.45. The minimum atomic E-state index is -0.239. The van der Waals surface area contributed by atoms with Crippen LogP contribution in [0.5, 0.6) is 0 Å². The number of piperidine rings is 1. The Morgan fingerprint density at radius 2 is 1.88 bits per heavy atom. The first-order valence-electron chi connectivity index (χ1n) is 7.26. The number of hydrogen-bond acceptors (Lipinski definition) is 2. The SMILES string of the molecule is CCC1(C)CCC(C)C(C)(CC)N1CC(C)O. The molecule has 1 heterocycles. The van der Waals surface area contributed by atoms with Crippen molar-refractivity contribution in [2.45, 2.75) is 84.4 Å². The van der Waals surface area contributed by atoms with Crippen molar-refractivity contribution in [1.82, 2.24) is 4.90 Å². The van der Waals surface area contributed by atoms with Crippen molar-refractivity contribution in [2.24, 2.45) is 5.92 Å².